The molecular formula is C11H21NO2. The molecule has 1 atom stereocenters. The molecule has 1 rings (SSSR count). The average Bonchev–Trinajstić information content (AvgIpc) is 2.71. The Morgan fingerprint density at radius 3 is 2.71 bits per heavy atom. The van der Waals surface area contributed by atoms with E-state index in [0.717, 1.165) is 19.3 Å². The fourth-order valence-electron chi connectivity index (χ4n) is 1.40. The van der Waals surface area contributed by atoms with E-state index in [-0.39, 0.29) is 5.97 Å². The van der Waals surface area contributed by atoms with Gasteiger partial charge in [-0.3, -0.25) is 4.79 Å². The van der Waals surface area contributed by atoms with Gasteiger partial charge in [0.15, 0.2) is 0 Å². The Balaban J connectivity index is 1.99. The highest BCUT2D eigenvalue weighted by atomic mass is 16.5. The molecule has 0 aromatic carbocycles. The summed E-state index contributed by atoms with van der Waals surface area (Å²) in [4.78, 5) is 11.2. The highest BCUT2D eigenvalue weighted by molar-refractivity contribution is 5.71. The summed E-state index contributed by atoms with van der Waals surface area (Å²) in [6.07, 6.45) is 3.19. The van der Waals surface area contributed by atoms with Gasteiger partial charge in [0.25, 0.3) is 0 Å². The Bertz CT molecular complexity index is 201. The van der Waals surface area contributed by atoms with E-state index >= 15 is 0 Å². The molecule has 0 aliphatic heterocycles. The van der Waals surface area contributed by atoms with Crippen molar-refractivity contribution in [3.63, 3.8) is 0 Å². The Labute approximate surface area is 86.2 Å². The van der Waals surface area contributed by atoms with Gasteiger partial charge in [-0.25, -0.2) is 0 Å². The highest BCUT2D eigenvalue weighted by Crippen LogP contribution is 2.44. The van der Waals surface area contributed by atoms with Gasteiger partial charge in [-0.15, -0.1) is 0 Å². The second kappa shape index (κ2) is 4.78. The molecule has 0 spiro atoms. The molecule has 0 aromatic heterocycles. The van der Waals surface area contributed by atoms with E-state index in [0.29, 0.717) is 24.6 Å². The first kappa shape index (κ1) is 11.5. The van der Waals surface area contributed by atoms with Crippen LogP contribution in [0.15, 0.2) is 0 Å². The molecule has 1 fully saturated rings. The zero-order valence-electron chi connectivity index (χ0n) is 9.43. The molecule has 0 amide bonds. The molecule has 1 unspecified atom stereocenters. The van der Waals surface area contributed by atoms with Crippen molar-refractivity contribution in [2.24, 2.45) is 5.41 Å². The van der Waals surface area contributed by atoms with Gasteiger partial charge >= 0.3 is 5.97 Å². The highest BCUT2D eigenvalue weighted by Gasteiger charge is 2.45. The van der Waals surface area contributed by atoms with Crippen molar-refractivity contribution in [1.29, 1.82) is 0 Å². The number of esters is 1. The number of hydrogen-bond acceptors (Lipinski definition) is 3. The second-order valence-electron chi connectivity index (χ2n) is 4.70. The lowest BCUT2D eigenvalue weighted by Crippen LogP contribution is -2.28. The molecular weight excluding hydrogens is 178 g/mol. The maximum Gasteiger partial charge on any atom is 0.319 e. The van der Waals surface area contributed by atoms with Gasteiger partial charge in [-0.05, 0) is 18.3 Å². The molecule has 0 aromatic rings. The van der Waals surface area contributed by atoms with Crippen LogP contribution in [0.5, 0.6) is 0 Å². The van der Waals surface area contributed by atoms with Crippen LogP contribution in [0.3, 0.4) is 0 Å². The van der Waals surface area contributed by atoms with Crippen molar-refractivity contribution in [3.8, 4) is 0 Å². The monoisotopic (exact) mass is 199 g/mol. The Morgan fingerprint density at radius 1 is 1.57 bits per heavy atom. The lowest BCUT2D eigenvalue weighted by Gasteiger charge is -2.06. The summed E-state index contributed by atoms with van der Waals surface area (Å²) in [7, 11) is 0. The maximum absolute atomic E-state index is 11.2. The molecule has 3 heteroatoms. The third-order valence-electron chi connectivity index (χ3n) is 2.77. The van der Waals surface area contributed by atoms with Crippen LogP contribution in [0.1, 0.15) is 40.0 Å². The first-order valence-electron chi connectivity index (χ1n) is 5.45. The van der Waals surface area contributed by atoms with E-state index in [1.807, 2.05) is 0 Å². The largest absolute Gasteiger partial charge is 0.465 e. The Morgan fingerprint density at radius 2 is 2.21 bits per heavy atom. The van der Waals surface area contributed by atoms with Crippen molar-refractivity contribution in [1.82, 2.24) is 5.32 Å². The molecule has 0 saturated heterocycles. The van der Waals surface area contributed by atoms with Gasteiger partial charge < -0.3 is 10.1 Å². The minimum absolute atomic E-state index is 0.124. The van der Waals surface area contributed by atoms with Crippen LogP contribution in [0.4, 0.5) is 0 Å². The van der Waals surface area contributed by atoms with Gasteiger partial charge in [0, 0.05) is 6.04 Å². The van der Waals surface area contributed by atoms with Crippen molar-refractivity contribution < 1.29 is 9.53 Å². The van der Waals surface area contributed by atoms with Gasteiger partial charge in [0.2, 0.25) is 0 Å². The minimum Gasteiger partial charge on any atom is -0.465 e. The summed E-state index contributed by atoms with van der Waals surface area (Å²) in [5.74, 6) is -0.124. The molecule has 1 aliphatic rings. The van der Waals surface area contributed by atoms with E-state index < -0.39 is 0 Å². The van der Waals surface area contributed by atoms with E-state index in [1.165, 1.54) is 0 Å². The van der Waals surface area contributed by atoms with Crippen LogP contribution < -0.4 is 5.32 Å². The number of carbonyl (C=O) groups excluding carboxylic acids is 1. The van der Waals surface area contributed by atoms with Crippen LogP contribution in [0.25, 0.3) is 0 Å². The normalized spacial score (nSPS) is 23.2. The van der Waals surface area contributed by atoms with Gasteiger partial charge in [-0.2, -0.15) is 0 Å². The average molecular weight is 199 g/mol. The molecule has 82 valence electrons. The molecule has 0 heterocycles. The lowest BCUT2D eigenvalue weighted by molar-refractivity contribution is -0.142. The number of nitrogens with one attached hydrogen (secondary N) is 1. The smallest absolute Gasteiger partial charge is 0.319 e. The van der Waals surface area contributed by atoms with Crippen LogP contribution in [0, 0.1) is 5.41 Å². The van der Waals surface area contributed by atoms with E-state index in [2.05, 4.69) is 26.1 Å². The Kier molecular flexibility index (Phi) is 3.93. The standard InChI is InChI=1S/C11H21NO2/c1-4-5-6-14-10(13)8-12-9-7-11(9,2)3/h9,12H,4-8H2,1-3H3. The molecule has 1 saturated carbocycles. The van der Waals surface area contributed by atoms with Crippen molar-refractivity contribution in [2.45, 2.75) is 46.1 Å². The third kappa shape index (κ3) is 3.66. The summed E-state index contributed by atoms with van der Waals surface area (Å²) < 4.78 is 5.03. The summed E-state index contributed by atoms with van der Waals surface area (Å²) >= 11 is 0. The first-order valence-corrected chi connectivity index (χ1v) is 5.45. The number of ether oxygens (including phenoxy) is 1. The van der Waals surface area contributed by atoms with E-state index in [9.17, 15) is 4.79 Å². The summed E-state index contributed by atoms with van der Waals surface area (Å²) in [5.41, 5.74) is 0.379. The number of rotatable bonds is 6. The number of unbranched alkanes of at least 4 members (excludes halogenated alkanes) is 1. The summed E-state index contributed by atoms with van der Waals surface area (Å²) in [6.45, 7) is 7.40. The molecule has 0 radical (unpaired) electrons. The minimum atomic E-state index is -0.124. The lowest BCUT2D eigenvalue weighted by atomic mass is 10.2. The first-order chi connectivity index (χ1) is 6.56. The predicted octanol–water partition coefficient (Wildman–Crippen LogP) is 1.72. The summed E-state index contributed by atoms with van der Waals surface area (Å²) in [6, 6.07) is 0.501. The third-order valence-corrected chi connectivity index (χ3v) is 2.77. The fourth-order valence-corrected chi connectivity index (χ4v) is 1.40. The van der Waals surface area contributed by atoms with Crippen molar-refractivity contribution in [2.75, 3.05) is 13.2 Å². The van der Waals surface area contributed by atoms with Crippen LogP contribution in [-0.4, -0.2) is 25.2 Å². The second-order valence-corrected chi connectivity index (χ2v) is 4.70. The molecule has 1 N–H and O–H groups in total. The van der Waals surface area contributed by atoms with E-state index in [4.69, 9.17) is 4.74 Å². The van der Waals surface area contributed by atoms with Crippen molar-refractivity contribution in [3.05, 3.63) is 0 Å². The zero-order chi connectivity index (χ0) is 10.6. The zero-order valence-corrected chi connectivity index (χ0v) is 9.43. The number of carbonyl (C=O) groups is 1. The SMILES string of the molecule is CCCCOC(=O)CNC1CC1(C)C. The van der Waals surface area contributed by atoms with Gasteiger partial charge in [-0.1, -0.05) is 27.2 Å². The predicted molar refractivity (Wildman–Crippen MR) is 56.1 cm³/mol. The fraction of sp³-hybridized carbons (Fsp3) is 0.909. The molecule has 0 bridgehead atoms. The molecule has 14 heavy (non-hydrogen) atoms. The van der Waals surface area contributed by atoms with Crippen LogP contribution in [-0.2, 0) is 9.53 Å². The Hall–Kier alpha value is -0.570. The van der Waals surface area contributed by atoms with Crippen LogP contribution in [0.2, 0.25) is 0 Å². The maximum atomic E-state index is 11.2. The van der Waals surface area contributed by atoms with Gasteiger partial charge in [0.05, 0.1) is 13.2 Å². The quantitative estimate of drug-likeness (QED) is 0.523. The molecule has 1 aliphatic carbocycles. The van der Waals surface area contributed by atoms with E-state index in [1.54, 1.807) is 0 Å². The van der Waals surface area contributed by atoms with Crippen molar-refractivity contribution >= 4 is 5.97 Å². The van der Waals surface area contributed by atoms with Crippen LogP contribution >= 0.6 is 0 Å². The molecule has 3 nitrogen and oxygen atoms in total. The van der Waals surface area contributed by atoms with Gasteiger partial charge in [0.1, 0.15) is 0 Å². The number of hydrogen-bond donors (Lipinski definition) is 1. The topological polar surface area (TPSA) is 38.3 Å². The summed E-state index contributed by atoms with van der Waals surface area (Å²) in [5, 5.41) is 3.20.